The van der Waals surface area contributed by atoms with E-state index in [-0.39, 0.29) is 16.5 Å². The van der Waals surface area contributed by atoms with E-state index in [1.807, 2.05) is 37.3 Å². The lowest BCUT2D eigenvalue weighted by molar-refractivity contribution is 0.0753. The molecule has 0 spiro atoms. The molecule has 3 aromatic carbocycles. The first-order valence-corrected chi connectivity index (χ1v) is 10.5. The number of carbonyl (C=O) groups is 1. The summed E-state index contributed by atoms with van der Waals surface area (Å²) in [5.74, 6) is -0.224. The fraction of sp³-hybridized carbons (Fsp3) is 0.136. The van der Waals surface area contributed by atoms with Crippen molar-refractivity contribution >= 4 is 21.6 Å². The average molecular weight is 394 g/mol. The number of benzene rings is 3. The van der Waals surface area contributed by atoms with Crippen LogP contribution in [0.25, 0.3) is 0 Å². The number of nitrogens with one attached hydrogen (secondary N) is 1. The van der Waals surface area contributed by atoms with Gasteiger partial charge in [-0.05, 0) is 36.8 Å². The van der Waals surface area contributed by atoms with Crippen LogP contribution < -0.4 is 4.72 Å². The molecule has 0 bridgehead atoms. The monoisotopic (exact) mass is 394 g/mol. The maximum absolute atomic E-state index is 13.1. The molecule has 3 aromatic rings. The van der Waals surface area contributed by atoms with Gasteiger partial charge in [0.05, 0.1) is 16.1 Å². The number of hydrogen-bond acceptors (Lipinski definition) is 3. The van der Waals surface area contributed by atoms with E-state index in [4.69, 9.17) is 0 Å². The molecule has 0 unspecified atom stereocenters. The molecule has 0 fully saturated rings. The molecule has 1 N–H and O–H groups in total. The number of sulfonamides is 1. The van der Waals surface area contributed by atoms with Gasteiger partial charge in [-0.1, -0.05) is 60.7 Å². The highest BCUT2D eigenvalue weighted by Gasteiger charge is 2.21. The smallest absolute Gasteiger partial charge is 0.261 e. The highest BCUT2D eigenvalue weighted by Crippen LogP contribution is 2.22. The van der Waals surface area contributed by atoms with E-state index in [1.54, 1.807) is 47.4 Å². The number of anilines is 1. The molecule has 0 saturated heterocycles. The zero-order valence-electron chi connectivity index (χ0n) is 15.6. The van der Waals surface area contributed by atoms with Gasteiger partial charge in [-0.3, -0.25) is 9.52 Å². The first-order chi connectivity index (χ1) is 13.5. The highest BCUT2D eigenvalue weighted by molar-refractivity contribution is 7.92. The van der Waals surface area contributed by atoms with E-state index >= 15 is 0 Å². The fourth-order valence-corrected chi connectivity index (χ4v) is 3.96. The third-order valence-corrected chi connectivity index (χ3v) is 5.72. The summed E-state index contributed by atoms with van der Waals surface area (Å²) >= 11 is 0. The molecule has 0 heterocycles. The van der Waals surface area contributed by atoms with Gasteiger partial charge in [-0.25, -0.2) is 8.42 Å². The van der Waals surface area contributed by atoms with Gasteiger partial charge in [0.15, 0.2) is 0 Å². The number of carbonyl (C=O) groups excluding carboxylic acids is 1. The van der Waals surface area contributed by atoms with Gasteiger partial charge < -0.3 is 4.90 Å². The number of amides is 1. The summed E-state index contributed by atoms with van der Waals surface area (Å²) in [6, 6.07) is 24.5. The number of hydrogen-bond donors (Lipinski definition) is 1. The van der Waals surface area contributed by atoms with E-state index in [9.17, 15) is 13.2 Å². The summed E-state index contributed by atoms with van der Waals surface area (Å²) < 4.78 is 27.9. The van der Waals surface area contributed by atoms with Crippen LogP contribution in [0.2, 0.25) is 0 Å². The van der Waals surface area contributed by atoms with Crippen LogP contribution in [-0.2, 0) is 16.6 Å². The van der Waals surface area contributed by atoms with Crippen molar-refractivity contribution in [2.24, 2.45) is 0 Å². The second kappa shape index (κ2) is 8.71. The zero-order chi connectivity index (χ0) is 20.0. The second-order valence-electron chi connectivity index (χ2n) is 6.27. The first kappa shape index (κ1) is 19.6. The second-order valence-corrected chi connectivity index (χ2v) is 7.95. The topological polar surface area (TPSA) is 66.5 Å². The standard InChI is InChI=1S/C22H22N2O3S/c1-2-24(17-18-11-5-3-6-12-18)22(25)20-15-9-10-16-21(20)23-28(26,27)19-13-7-4-8-14-19/h3-16,23H,2,17H2,1H3. The molecule has 0 aliphatic heterocycles. The summed E-state index contributed by atoms with van der Waals surface area (Å²) in [5.41, 5.74) is 1.60. The summed E-state index contributed by atoms with van der Waals surface area (Å²) in [5, 5.41) is 0. The normalized spacial score (nSPS) is 11.0. The predicted octanol–water partition coefficient (Wildman–Crippen LogP) is 4.15. The molecule has 1 amide bonds. The van der Waals surface area contributed by atoms with Crippen molar-refractivity contribution in [3.8, 4) is 0 Å². The molecule has 0 aliphatic rings. The molecule has 3 rings (SSSR count). The molecule has 144 valence electrons. The van der Waals surface area contributed by atoms with Crippen molar-refractivity contribution in [3.05, 3.63) is 96.1 Å². The van der Waals surface area contributed by atoms with Crippen LogP contribution >= 0.6 is 0 Å². The van der Waals surface area contributed by atoms with Gasteiger partial charge in [-0.15, -0.1) is 0 Å². The van der Waals surface area contributed by atoms with E-state index in [2.05, 4.69) is 4.72 Å². The minimum Gasteiger partial charge on any atom is -0.335 e. The van der Waals surface area contributed by atoms with Crippen LogP contribution in [0.4, 0.5) is 5.69 Å². The zero-order valence-corrected chi connectivity index (χ0v) is 16.4. The average Bonchev–Trinajstić information content (AvgIpc) is 2.73. The van der Waals surface area contributed by atoms with Crippen LogP contribution in [0.3, 0.4) is 0 Å². The summed E-state index contributed by atoms with van der Waals surface area (Å²) in [4.78, 5) is 14.9. The predicted molar refractivity (Wildman–Crippen MR) is 111 cm³/mol. The van der Waals surface area contributed by atoms with Gasteiger partial charge in [0.1, 0.15) is 0 Å². The Balaban J connectivity index is 1.88. The van der Waals surface area contributed by atoms with E-state index in [0.717, 1.165) is 5.56 Å². The molecule has 0 aromatic heterocycles. The van der Waals surface area contributed by atoms with Crippen molar-refractivity contribution in [3.63, 3.8) is 0 Å². The van der Waals surface area contributed by atoms with Gasteiger partial charge in [-0.2, -0.15) is 0 Å². The van der Waals surface area contributed by atoms with Crippen LogP contribution in [0.15, 0.2) is 89.8 Å². The fourth-order valence-electron chi connectivity index (χ4n) is 2.86. The Morgan fingerprint density at radius 1 is 0.857 bits per heavy atom. The Bertz CT molecular complexity index is 1040. The van der Waals surface area contributed by atoms with Crippen LogP contribution in [-0.4, -0.2) is 25.8 Å². The van der Waals surface area contributed by atoms with Gasteiger partial charge >= 0.3 is 0 Å². The van der Waals surface area contributed by atoms with Crippen molar-refractivity contribution in [1.82, 2.24) is 4.90 Å². The van der Waals surface area contributed by atoms with Gasteiger partial charge in [0.25, 0.3) is 15.9 Å². The third-order valence-electron chi connectivity index (χ3n) is 4.34. The molecular formula is C22H22N2O3S. The molecule has 0 aliphatic carbocycles. The Hall–Kier alpha value is -3.12. The lowest BCUT2D eigenvalue weighted by Crippen LogP contribution is -2.31. The van der Waals surface area contributed by atoms with Crippen molar-refractivity contribution in [1.29, 1.82) is 0 Å². The van der Waals surface area contributed by atoms with Crippen LogP contribution in [0.1, 0.15) is 22.8 Å². The third kappa shape index (κ3) is 4.58. The highest BCUT2D eigenvalue weighted by atomic mass is 32.2. The molecule has 28 heavy (non-hydrogen) atoms. The minimum atomic E-state index is -3.78. The summed E-state index contributed by atoms with van der Waals surface area (Å²) in [6.07, 6.45) is 0. The Kier molecular flexibility index (Phi) is 6.11. The number of rotatable bonds is 7. The molecule has 0 saturated carbocycles. The van der Waals surface area contributed by atoms with Gasteiger partial charge in [0, 0.05) is 13.1 Å². The van der Waals surface area contributed by atoms with Crippen LogP contribution in [0, 0.1) is 0 Å². The molecule has 6 heteroatoms. The molecule has 5 nitrogen and oxygen atoms in total. The minimum absolute atomic E-state index is 0.147. The lowest BCUT2D eigenvalue weighted by atomic mass is 10.1. The van der Waals surface area contributed by atoms with Crippen LogP contribution in [0.5, 0.6) is 0 Å². The maximum atomic E-state index is 13.1. The van der Waals surface area contributed by atoms with E-state index in [0.29, 0.717) is 18.7 Å². The molecule has 0 radical (unpaired) electrons. The molecule has 0 atom stereocenters. The van der Waals surface area contributed by atoms with Crippen molar-refractivity contribution < 1.29 is 13.2 Å². The summed E-state index contributed by atoms with van der Waals surface area (Å²) in [6.45, 7) is 2.86. The quantitative estimate of drug-likeness (QED) is 0.655. The Morgan fingerprint density at radius 3 is 2.07 bits per heavy atom. The van der Waals surface area contributed by atoms with Gasteiger partial charge in [0.2, 0.25) is 0 Å². The Labute approximate surface area is 165 Å². The lowest BCUT2D eigenvalue weighted by Gasteiger charge is -2.22. The first-order valence-electron chi connectivity index (χ1n) is 9.01. The van der Waals surface area contributed by atoms with E-state index in [1.165, 1.54) is 12.1 Å². The number of nitrogens with zero attached hydrogens (tertiary/aromatic N) is 1. The van der Waals surface area contributed by atoms with E-state index < -0.39 is 10.0 Å². The number of para-hydroxylation sites is 1. The van der Waals surface area contributed by atoms with Crippen molar-refractivity contribution in [2.45, 2.75) is 18.4 Å². The summed E-state index contributed by atoms with van der Waals surface area (Å²) in [7, 11) is -3.78. The van der Waals surface area contributed by atoms with Crippen molar-refractivity contribution in [2.75, 3.05) is 11.3 Å². The SMILES string of the molecule is CCN(Cc1ccccc1)C(=O)c1ccccc1NS(=O)(=O)c1ccccc1. The Morgan fingerprint density at radius 2 is 1.43 bits per heavy atom. The largest absolute Gasteiger partial charge is 0.335 e. The maximum Gasteiger partial charge on any atom is 0.261 e. The molecular weight excluding hydrogens is 372 g/mol.